The van der Waals surface area contributed by atoms with Crippen LogP contribution in [0.5, 0.6) is 5.75 Å². The van der Waals surface area contributed by atoms with Crippen molar-refractivity contribution in [3.63, 3.8) is 0 Å². The molecule has 21 heavy (non-hydrogen) atoms. The van der Waals surface area contributed by atoms with Crippen molar-refractivity contribution < 1.29 is 17.6 Å². The lowest BCUT2D eigenvalue weighted by Crippen LogP contribution is -2.25. The Morgan fingerprint density at radius 2 is 2.14 bits per heavy atom. The second-order valence-electron chi connectivity index (χ2n) is 4.37. The molecule has 8 heteroatoms. The van der Waals surface area contributed by atoms with Crippen LogP contribution in [0.1, 0.15) is 19.2 Å². The third-order valence-electron chi connectivity index (χ3n) is 2.70. The second-order valence-corrected chi connectivity index (χ2v) is 6.30. The molecule has 0 saturated heterocycles. The first-order valence-corrected chi connectivity index (χ1v) is 8.13. The molecule has 2 rings (SSSR count). The summed E-state index contributed by atoms with van der Waals surface area (Å²) in [5.74, 6) is 1.28. The van der Waals surface area contributed by atoms with E-state index in [0.717, 1.165) is 0 Å². The lowest BCUT2D eigenvalue weighted by molar-refractivity contribution is 0.414. The van der Waals surface area contributed by atoms with Crippen LogP contribution in [-0.2, 0) is 16.6 Å². The maximum absolute atomic E-state index is 11.5. The Morgan fingerprint density at radius 1 is 1.33 bits per heavy atom. The molecule has 0 aliphatic rings. The van der Waals surface area contributed by atoms with Gasteiger partial charge in [0.1, 0.15) is 5.75 Å². The zero-order chi connectivity index (χ0) is 15.3. The molecular formula is C13H17N3O4S. The predicted molar refractivity (Wildman–Crippen MR) is 77.2 cm³/mol. The first kappa shape index (κ1) is 15.5. The lowest BCUT2D eigenvalue weighted by atomic mass is 10.2. The Balaban J connectivity index is 2.07. The van der Waals surface area contributed by atoms with E-state index in [2.05, 4.69) is 14.9 Å². The molecule has 0 bridgehead atoms. The molecule has 0 aliphatic carbocycles. The van der Waals surface area contributed by atoms with E-state index in [1.165, 1.54) is 0 Å². The number of hydrogen-bond acceptors (Lipinski definition) is 6. The summed E-state index contributed by atoms with van der Waals surface area (Å²) >= 11 is 0. The van der Waals surface area contributed by atoms with E-state index >= 15 is 0 Å². The maximum atomic E-state index is 11.5. The largest absolute Gasteiger partial charge is 0.497 e. The van der Waals surface area contributed by atoms with E-state index in [0.29, 0.717) is 23.6 Å². The smallest absolute Gasteiger partial charge is 0.247 e. The van der Waals surface area contributed by atoms with Gasteiger partial charge in [0.15, 0.2) is 0 Å². The van der Waals surface area contributed by atoms with Crippen LogP contribution in [0.4, 0.5) is 0 Å². The Labute approximate surface area is 123 Å². The molecule has 0 unspecified atom stereocenters. The fourth-order valence-corrected chi connectivity index (χ4v) is 2.74. The van der Waals surface area contributed by atoms with Gasteiger partial charge in [-0.15, -0.1) is 10.2 Å². The van der Waals surface area contributed by atoms with E-state index in [9.17, 15) is 8.42 Å². The van der Waals surface area contributed by atoms with Gasteiger partial charge in [0.25, 0.3) is 0 Å². The van der Waals surface area contributed by atoms with Gasteiger partial charge in [-0.2, -0.15) is 0 Å². The van der Waals surface area contributed by atoms with Crippen molar-refractivity contribution in [3.8, 4) is 17.2 Å². The normalized spacial score (nSPS) is 11.5. The molecule has 2 aromatic rings. The van der Waals surface area contributed by atoms with Gasteiger partial charge in [-0.1, -0.05) is 13.0 Å². The molecule has 0 radical (unpaired) electrons. The molecular weight excluding hydrogens is 294 g/mol. The molecule has 1 aromatic heterocycles. The van der Waals surface area contributed by atoms with Crippen LogP contribution >= 0.6 is 0 Å². The van der Waals surface area contributed by atoms with Crippen molar-refractivity contribution in [1.82, 2.24) is 14.9 Å². The highest BCUT2D eigenvalue weighted by Gasteiger charge is 2.13. The number of nitrogens with zero attached hydrogens (tertiary/aromatic N) is 2. The Bertz CT molecular complexity index is 697. The average molecular weight is 311 g/mol. The number of methoxy groups -OCH3 is 1. The minimum atomic E-state index is -3.29. The van der Waals surface area contributed by atoms with Crippen molar-refractivity contribution in [2.24, 2.45) is 0 Å². The maximum Gasteiger partial charge on any atom is 0.247 e. The highest BCUT2D eigenvalue weighted by molar-refractivity contribution is 7.89. The van der Waals surface area contributed by atoms with Crippen LogP contribution in [0.2, 0.25) is 0 Å². The van der Waals surface area contributed by atoms with Crippen LogP contribution in [0.3, 0.4) is 0 Å². The van der Waals surface area contributed by atoms with Crippen LogP contribution < -0.4 is 9.46 Å². The van der Waals surface area contributed by atoms with E-state index in [-0.39, 0.29) is 18.2 Å². The third-order valence-corrected chi connectivity index (χ3v) is 4.23. The summed E-state index contributed by atoms with van der Waals surface area (Å²) in [5, 5.41) is 7.73. The summed E-state index contributed by atoms with van der Waals surface area (Å²) in [4.78, 5) is 0. The minimum absolute atomic E-state index is 0.0146. The molecule has 0 saturated carbocycles. The Hall–Kier alpha value is -1.93. The quantitative estimate of drug-likeness (QED) is 0.834. The van der Waals surface area contributed by atoms with Gasteiger partial charge in [-0.05, 0) is 24.6 Å². The van der Waals surface area contributed by atoms with E-state index in [1.807, 2.05) is 6.07 Å². The standard InChI is InChI=1S/C13H17N3O4S/c1-3-7-21(17,18)14-9-12-15-16-13(20-12)10-5-4-6-11(8-10)19-2/h4-6,8,14H,3,7,9H2,1-2H3. The lowest BCUT2D eigenvalue weighted by Gasteiger charge is -2.02. The monoisotopic (exact) mass is 311 g/mol. The van der Waals surface area contributed by atoms with Crippen molar-refractivity contribution in [1.29, 1.82) is 0 Å². The second kappa shape index (κ2) is 6.68. The SMILES string of the molecule is CCCS(=O)(=O)NCc1nnc(-c2cccc(OC)c2)o1. The van der Waals surface area contributed by atoms with Gasteiger partial charge in [0.2, 0.25) is 21.8 Å². The van der Waals surface area contributed by atoms with Gasteiger partial charge in [0, 0.05) is 5.56 Å². The highest BCUT2D eigenvalue weighted by atomic mass is 32.2. The molecule has 0 aliphatic heterocycles. The van der Waals surface area contributed by atoms with Crippen LogP contribution in [0.25, 0.3) is 11.5 Å². The van der Waals surface area contributed by atoms with Crippen molar-refractivity contribution >= 4 is 10.0 Å². The van der Waals surface area contributed by atoms with Crippen LogP contribution in [0.15, 0.2) is 28.7 Å². The summed E-state index contributed by atoms with van der Waals surface area (Å²) < 4.78 is 36.1. The summed E-state index contributed by atoms with van der Waals surface area (Å²) in [5.41, 5.74) is 0.713. The first-order valence-electron chi connectivity index (χ1n) is 6.48. The van der Waals surface area contributed by atoms with Gasteiger partial charge >= 0.3 is 0 Å². The Morgan fingerprint density at radius 3 is 2.86 bits per heavy atom. The summed E-state index contributed by atoms with van der Waals surface area (Å²) in [6.45, 7) is 1.78. The zero-order valence-corrected chi connectivity index (χ0v) is 12.7. The first-order chi connectivity index (χ1) is 10.0. The number of ether oxygens (including phenoxy) is 1. The summed E-state index contributed by atoms with van der Waals surface area (Å²) in [7, 11) is -1.72. The molecule has 1 heterocycles. The number of hydrogen-bond donors (Lipinski definition) is 1. The Kier molecular flexibility index (Phi) is 4.92. The molecule has 7 nitrogen and oxygen atoms in total. The topological polar surface area (TPSA) is 94.3 Å². The van der Waals surface area contributed by atoms with Crippen molar-refractivity contribution in [2.75, 3.05) is 12.9 Å². The molecule has 0 spiro atoms. The molecule has 0 amide bonds. The molecule has 0 atom stereocenters. The summed E-state index contributed by atoms with van der Waals surface area (Å²) in [6.07, 6.45) is 0.550. The van der Waals surface area contributed by atoms with Gasteiger partial charge in [0.05, 0.1) is 19.4 Å². The number of aromatic nitrogens is 2. The highest BCUT2D eigenvalue weighted by Crippen LogP contribution is 2.22. The summed E-state index contributed by atoms with van der Waals surface area (Å²) in [6, 6.07) is 7.18. The van der Waals surface area contributed by atoms with Gasteiger partial charge in [-0.25, -0.2) is 13.1 Å². The van der Waals surface area contributed by atoms with Crippen molar-refractivity contribution in [3.05, 3.63) is 30.2 Å². The fraction of sp³-hybridized carbons (Fsp3) is 0.385. The van der Waals surface area contributed by atoms with E-state index < -0.39 is 10.0 Å². The molecule has 114 valence electrons. The van der Waals surface area contributed by atoms with Gasteiger partial charge < -0.3 is 9.15 Å². The van der Waals surface area contributed by atoms with E-state index in [1.54, 1.807) is 32.2 Å². The van der Waals surface area contributed by atoms with Crippen molar-refractivity contribution in [2.45, 2.75) is 19.9 Å². The average Bonchev–Trinajstić information content (AvgIpc) is 2.94. The molecule has 0 fully saturated rings. The third kappa shape index (κ3) is 4.27. The van der Waals surface area contributed by atoms with E-state index in [4.69, 9.17) is 9.15 Å². The number of benzene rings is 1. The zero-order valence-electron chi connectivity index (χ0n) is 11.9. The minimum Gasteiger partial charge on any atom is -0.497 e. The molecule has 1 N–H and O–H groups in total. The molecule has 1 aromatic carbocycles. The predicted octanol–water partition coefficient (Wildman–Crippen LogP) is 1.57. The fourth-order valence-electron chi connectivity index (χ4n) is 1.71. The number of nitrogens with one attached hydrogen (secondary N) is 1. The van der Waals surface area contributed by atoms with Crippen LogP contribution in [-0.4, -0.2) is 31.5 Å². The number of rotatable bonds is 7. The number of sulfonamides is 1. The van der Waals surface area contributed by atoms with Gasteiger partial charge in [-0.3, -0.25) is 0 Å². The van der Waals surface area contributed by atoms with Crippen LogP contribution in [0, 0.1) is 0 Å².